The second-order valence-corrected chi connectivity index (χ2v) is 7.92. The molecule has 30 heavy (non-hydrogen) atoms. The number of aryl methyl sites for hydroxylation is 1. The first-order chi connectivity index (χ1) is 14.3. The number of rotatable bonds is 4. The first-order valence-electron chi connectivity index (χ1n) is 9.48. The summed E-state index contributed by atoms with van der Waals surface area (Å²) < 4.78 is 11.8. The number of hydrogen-bond acceptors (Lipinski definition) is 5. The maximum atomic E-state index is 12.9. The fourth-order valence-corrected chi connectivity index (χ4v) is 4.12. The zero-order valence-corrected chi connectivity index (χ0v) is 17.9. The van der Waals surface area contributed by atoms with Crippen LogP contribution in [0.1, 0.15) is 32.6 Å². The molecule has 1 heterocycles. The average Bonchev–Trinajstić information content (AvgIpc) is 3.03. The number of carbonyl (C=O) groups is 1. The highest BCUT2D eigenvalue weighted by Crippen LogP contribution is 2.53. The molecule has 3 aromatic carbocycles. The molecule has 0 aromatic heterocycles. The number of nitrogens with zero attached hydrogens (tertiary/aromatic N) is 1. The van der Waals surface area contributed by atoms with E-state index in [1.165, 1.54) is 6.07 Å². The smallest absolute Gasteiger partial charge is 0.340 e. The number of fused-ring (bicyclic) bond motifs is 1. The van der Waals surface area contributed by atoms with Gasteiger partial charge < -0.3 is 19.5 Å². The summed E-state index contributed by atoms with van der Waals surface area (Å²) in [6.45, 7) is 1.84. The maximum Gasteiger partial charge on any atom is 0.340 e. The molecule has 0 spiro atoms. The molecule has 4 rings (SSSR count). The van der Waals surface area contributed by atoms with Crippen LogP contribution in [0.15, 0.2) is 54.6 Å². The topological polar surface area (TPSA) is 59.0 Å². The third-order valence-electron chi connectivity index (χ3n) is 5.51. The zero-order chi connectivity index (χ0) is 21.6. The molecule has 0 bridgehead atoms. The number of benzene rings is 3. The molecule has 0 fully saturated rings. The van der Waals surface area contributed by atoms with Crippen molar-refractivity contribution in [1.82, 2.24) is 0 Å². The summed E-state index contributed by atoms with van der Waals surface area (Å²) in [6, 6.07) is 16.1. The van der Waals surface area contributed by atoms with Gasteiger partial charge in [0.25, 0.3) is 0 Å². The van der Waals surface area contributed by atoms with Crippen LogP contribution >= 0.6 is 11.6 Å². The SMILES string of the molecule is COc1cc(N(C)C)ccc1C1(c2cc(C)c(Cl)cc2O)OC(=O)c2ccccc21. The van der Waals surface area contributed by atoms with E-state index in [9.17, 15) is 9.90 Å². The molecule has 1 aliphatic rings. The zero-order valence-electron chi connectivity index (χ0n) is 17.2. The second kappa shape index (κ2) is 7.26. The van der Waals surface area contributed by atoms with Crippen molar-refractivity contribution in [1.29, 1.82) is 0 Å². The Morgan fingerprint density at radius 3 is 2.47 bits per heavy atom. The number of ether oxygens (including phenoxy) is 2. The minimum absolute atomic E-state index is 0.0613. The van der Waals surface area contributed by atoms with E-state index in [4.69, 9.17) is 21.1 Å². The van der Waals surface area contributed by atoms with Gasteiger partial charge in [-0.25, -0.2) is 4.79 Å². The van der Waals surface area contributed by atoms with Gasteiger partial charge in [-0.15, -0.1) is 0 Å². The molecule has 3 aromatic rings. The second-order valence-electron chi connectivity index (χ2n) is 7.51. The van der Waals surface area contributed by atoms with Crippen LogP contribution in [0, 0.1) is 6.92 Å². The number of anilines is 1. The number of esters is 1. The Kier molecular flexibility index (Phi) is 4.86. The van der Waals surface area contributed by atoms with Crippen molar-refractivity contribution in [2.45, 2.75) is 12.5 Å². The molecule has 0 saturated carbocycles. The van der Waals surface area contributed by atoms with Gasteiger partial charge in [0.15, 0.2) is 5.60 Å². The number of cyclic esters (lactones) is 1. The average molecular weight is 424 g/mol. The highest BCUT2D eigenvalue weighted by Gasteiger charge is 2.51. The lowest BCUT2D eigenvalue weighted by molar-refractivity contribution is 0.0239. The van der Waals surface area contributed by atoms with Crippen molar-refractivity contribution in [3.8, 4) is 11.5 Å². The van der Waals surface area contributed by atoms with Crippen molar-refractivity contribution in [2.24, 2.45) is 0 Å². The van der Waals surface area contributed by atoms with Crippen LogP contribution in [-0.4, -0.2) is 32.3 Å². The number of phenolic OH excluding ortho intramolecular Hbond substituents is 1. The minimum Gasteiger partial charge on any atom is -0.507 e. The molecule has 0 aliphatic carbocycles. The van der Waals surface area contributed by atoms with Crippen LogP contribution in [0.5, 0.6) is 11.5 Å². The highest BCUT2D eigenvalue weighted by atomic mass is 35.5. The van der Waals surface area contributed by atoms with Crippen LogP contribution in [0.2, 0.25) is 5.02 Å². The summed E-state index contributed by atoms with van der Waals surface area (Å²) in [5.41, 5.74) is 2.45. The van der Waals surface area contributed by atoms with Crippen LogP contribution in [0.4, 0.5) is 5.69 Å². The molecule has 0 amide bonds. The van der Waals surface area contributed by atoms with E-state index in [1.807, 2.05) is 56.3 Å². The summed E-state index contributed by atoms with van der Waals surface area (Å²) in [5.74, 6) is 0.0166. The predicted octanol–water partition coefficient (Wildman–Crippen LogP) is 4.89. The van der Waals surface area contributed by atoms with Crippen molar-refractivity contribution in [3.05, 3.63) is 87.4 Å². The standard InChI is InChI=1S/C24H22ClNO4/c1-14-11-19(21(27)13-20(14)25)24(17-8-6-5-7-16(17)23(28)30-24)18-10-9-15(26(2)3)12-22(18)29-4/h5-13,27H,1-4H3. The Hall–Kier alpha value is -3.18. The molecule has 1 N–H and O–H groups in total. The number of methoxy groups -OCH3 is 1. The number of halogens is 1. The lowest BCUT2D eigenvalue weighted by atomic mass is 9.78. The third kappa shape index (κ3) is 2.89. The number of aromatic hydroxyl groups is 1. The fourth-order valence-electron chi connectivity index (χ4n) is 3.96. The van der Waals surface area contributed by atoms with E-state index in [2.05, 4.69) is 0 Å². The van der Waals surface area contributed by atoms with E-state index in [1.54, 1.807) is 25.3 Å². The van der Waals surface area contributed by atoms with Gasteiger partial charge >= 0.3 is 5.97 Å². The van der Waals surface area contributed by atoms with Gasteiger partial charge in [-0.05, 0) is 42.8 Å². The Morgan fingerprint density at radius 2 is 1.77 bits per heavy atom. The van der Waals surface area contributed by atoms with Gasteiger partial charge in [-0.3, -0.25) is 0 Å². The fraction of sp³-hybridized carbons (Fsp3) is 0.208. The van der Waals surface area contributed by atoms with Gasteiger partial charge in [-0.1, -0.05) is 29.8 Å². The van der Waals surface area contributed by atoms with Gasteiger partial charge in [0.1, 0.15) is 11.5 Å². The summed E-state index contributed by atoms with van der Waals surface area (Å²) in [6.07, 6.45) is 0. The molecule has 154 valence electrons. The van der Waals surface area contributed by atoms with E-state index in [0.717, 1.165) is 11.3 Å². The van der Waals surface area contributed by atoms with Crippen LogP contribution in [-0.2, 0) is 10.3 Å². The van der Waals surface area contributed by atoms with Gasteiger partial charge in [-0.2, -0.15) is 0 Å². The van der Waals surface area contributed by atoms with E-state index in [0.29, 0.717) is 33.0 Å². The Labute approximate surface area is 180 Å². The number of hydrogen-bond donors (Lipinski definition) is 1. The molecular formula is C24H22ClNO4. The monoisotopic (exact) mass is 423 g/mol. The molecular weight excluding hydrogens is 402 g/mol. The molecule has 1 aliphatic heterocycles. The minimum atomic E-state index is -1.37. The van der Waals surface area contributed by atoms with E-state index in [-0.39, 0.29) is 5.75 Å². The number of phenols is 1. The summed E-state index contributed by atoms with van der Waals surface area (Å²) in [4.78, 5) is 14.8. The third-order valence-corrected chi connectivity index (χ3v) is 5.92. The molecule has 1 atom stereocenters. The molecule has 0 saturated heterocycles. The van der Waals surface area contributed by atoms with Crippen molar-refractivity contribution in [2.75, 3.05) is 26.1 Å². The molecule has 6 heteroatoms. The first-order valence-corrected chi connectivity index (χ1v) is 9.85. The van der Waals surface area contributed by atoms with Gasteiger partial charge in [0.2, 0.25) is 0 Å². The summed E-state index contributed by atoms with van der Waals surface area (Å²) in [5, 5.41) is 11.3. The normalized spacial score (nSPS) is 17.4. The molecule has 0 radical (unpaired) electrons. The maximum absolute atomic E-state index is 12.9. The Bertz CT molecular complexity index is 1160. The molecule has 5 nitrogen and oxygen atoms in total. The molecule has 1 unspecified atom stereocenters. The largest absolute Gasteiger partial charge is 0.507 e. The van der Waals surface area contributed by atoms with Crippen molar-refractivity contribution in [3.63, 3.8) is 0 Å². The van der Waals surface area contributed by atoms with Gasteiger partial charge in [0.05, 0.1) is 12.7 Å². The van der Waals surface area contributed by atoms with Crippen LogP contribution < -0.4 is 9.64 Å². The van der Waals surface area contributed by atoms with E-state index < -0.39 is 11.6 Å². The lowest BCUT2D eigenvalue weighted by Crippen LogP contribution is -2.30. The number of carbonyl (C=O) groups excluding carboxylic acids is 1. The highest BCUT2D eigenvalue weighted by molar-refractivity contribution is 6.31. The van der Waals surface area contributed by atoms with Crippen molar-refractivity contribution < 1.29 is 19.4 Å². The summed E-state index contributed by atoms with van der Waals surface area (Å²) >= 11 is 6.23. The van der Waals surface area contributed by atoms with E-state index >= 15 is 0 Å². The quantitative estimate of drug-likeness (QED) is 0.605. The van der Waals surface area contributed by atoms with Gasteiger partial charge in [0, 0.05) is 47.6 Å². The Morgan fingerprint density at radius 1 is 1.03 bits per heavy atom. The van der Waals surface area contributed by atoms with Crippen molar-refractivity contribution >= 4 is 23.3 Å². The first kappa shape index (κ1) is 20.1. The van der Waals surface area contributed by atoms with Crippen LogP contribution in [0.3, 0.4) is 0 Å². The lowest BCUT2D eigenvalue weighted by Gasteiger charge is -2.32. The Balaban J connectivity index is 2.11. The summed E-state index contributed by atoms with van der Waals surface area (Å²) in [7, 11) is 5.44. The van der Waals surface area contributed by atoms with Crippen LogP contribution in [0.25, 0.3) is 0 Å². The predicted molar refractivity (Wildman–Crippen MR) is 117 cm³/mol.